The maximum Gasteiger partial charge on any atom is 0.261 e. The Morgan fingerprint density at radius 1 is 0.964 bits per heavy atom. The molecule has 2 aromatic carbocycles. The van der Waals surface area contributed by atoms with Crippen LogP contribution in [0.1, 0.15) is 35.2 Å². The number of benzene rings is 2. The SMILES string of the molecule is Cc1ccc(N2CN(C(=O)CN3CCCCC3)c3ccccc3C2=O)cc1.Cl. The first kappa shape index (κ1) is 20.4. The number of carbonyl (C=O) groups is 2. The van der Waals surface area contributed by atoms with Crippen LogP contribution < -0.4 is 9.80 Å². The third-order valence-electron chi connectivity index (χ3n) is 5.41. The first-order valence-electron chi connectivity index (χ1n) is 9.64. The Bertz CT molecular complexity index is 847. The van der Waals surface area contributed by atoms with E-state index >= 15 is 0 Å². The minimum atomic E-state index is -0.0588. The number of amides is 2. The molecular weight excluding hydrogens is 374 g/mol. The normalized spacial score (nSPS) is 17.1. The summed E-state index contributed by atoms with van der Waals surface area (Å²) in [5.74, 6) is -0.00885. The number of rotatable bonds is 3. The largest absolute Gasteiger partial charge is 0.294 e. The smallest absolute Gasteiger partial charge is 0.261 e. The van der Waals surface area contributed by atoms with E-state index in [9.17, 15) is 9.59 Å². The van der Waals surface area contributed by atoms with Crippen molar-refractivity contribution in [1.82, 2.24) is 4.90 Å². The van der Waals surface area contributed by atoms with Gasteiger partial charge in [-0.15, -0.1) is 12.4 Å². The van der Waals surface area contributed by atoms with Crippen molar-refractivity contribution in [3.63, 3.8) is 0 Å². The van der Waals surface area contributed by atoms with Crippen molar-refractivity contribution in [2.24, 2.45) is 0 Å². The van der Waals surface area contributed by atoms with Gasteiger partial charge >= 0.3 is 0 Å². The number of fused-ring (bicyclic) bond motifs is 1. The Balaban J connectivity index is 0.00000225. The van der Waals surface area contributed by atoms with E-state index in [0.717, 1.165) is 37.2 Å². The molecule has 0 N–H and O–H groups in total. The highest BCUT2D eigenvalue weighted by molar-refractivity contribution is 6.15. The summed E-state index contributed by atoms with van der Waals surface area (Å²) >= 11 is 0. The van der Waals surface area contributed by atoms with Crippen molar-refractivity contribution in [1.29, 1.82) is 0 Å². The predicted molar refractivity (Wildman–Crippen MR) is 114 cm³/mol. The molecule has 2 aliphatic rings. The van der Waals surface area contributed by atoms with Gasteiger partial charge in [-0.25, -0.2) is 0 Å². The van der Waals surface area contributed by atoms with E-state index < -0.39 is 0 Å². The zero-order valence-corrected chi connectivity index (χ0v) is 17.0. The Morgan fingerprint density at radius 3 is 2.36 bits per heavy atom. The number of para-hydroxylation sites is 1. The van der Waals surface area contributed by atoms with Crippen LogP contribution in [-0.4, -0.2) is 43.0 Å². The Kier molecular flexibility index (Phi) is 6.37. The van der Waals surface area contributed by atoms with Crippen LogP contribution in [0.3, 0.4) is 0 Å². The minimum Gasteiger partial charge on any atom is -0.294 e. The monoisotopic (exact) mass is 399 g/mol. The molecule has 0 unspecified atom stereocenters. The number of nitrogens with zero attached hydrogens (tertiary/aromatic N) is 3. The van der Waals surface area contributed by atoms with Gasteiger partial charge in [-0.3, -0.25) is 24.3 Å². The van der Waals surface area contributed by atoms with Gasteiger partial charge in [-0.05, 0) is 57.1 Å². The van der Waals surface area contributed by atoms with E-state index in [1.807, 2.05) is 49.4 Å². The van der Waals surface area contributed by atoms with Gasteiger partial charge in [0, 0.05) is 5.69 Å². The van der Waals surface area contributed by atoms with Crippen LogP contribution in [0.25, 0.3) is 0 Å². The highest BCUT2D eigenvalue weighted by atomic mass is 35.5. The highest BCUT2D eigenvalue weighted by Crippen LogP contribution is 2.30. The molecule has 0 aliphatic carbocycles. The fourth-order valence-corrected chi connectivity index (χ4v) is 3.85. The molecule has 2 amide bonds. The molecule has 5 nitrogen and oxygen atoms in total. The molecule has 28 heavy (non-hydrogen) atoms. The van der Waals surface area contributed by atoms with Crippen LogP contribution in [0.5, 0.6) is 0 Å². The second-order valence-electron chi connectivity index (χ2n) is 7.39. The quantitative estimate of drug-likeness (QED) is 0.787. The molecule has 2 aromatic rings. The summed E-state index contributed by atoms with van der Waals surface area (Å²) < 4.78 is 0. The zero-order valence-electron chi connectivity index (χ0n) is 16.1. The molecule has 0 aromatic heterocycles. The number of hydrogen-bond donors (Lipinski definition) is 0. The number of anilines is 2. The molecule has 2 heterocycles. The summed E-state index contributed by atoms with van der Waals surface area (Å²) in [4.78, 5) is 31.8. The van der Waals surface area contributed by atoms with Crippen LogP contribution in [0.15, 0.2) is 48.5 Å². The van der Waals surface area contributed by atoms with Crippen molar-refractivity contribution in [3.05, 3.63) is 59.7 Å². The Labute approximate surface area is 172 Å². The number of likely N-dealkylation sites (tertiary alicyclic amines) is 1. The van der Waals surface area contributed by atoms with Crippen molar-refractivity contribution >= 4 is 35.6 Å². The molecule has 2 aliphatic heterocycles. The zero-order chi connectivity index (χ0) is 18.8. The summed E-state index contributed by atoms with van der Waals surface area (Å²) in [5, 5.41) is 0. The van der Waals surface area contributed by atoms with Gasteiger partial charge in [0.15, 0.2) is 0 Å². The average Bonchev–Trinajstić information content (AvgIpc) is 2.70. The van der Waals surface area contributed by atoms with E-state index in [2.05, 4.69) is 4.90 Å². The molecule has 0 atom stereocenters. The molecule has 1 fully saturated rings. The van der Waals surface area contributed by atoms with E-state index in [4.69, 9.17) is 0 Å². The van der Waals surface area contributed by atoms with Crippen molar-refractivity contribution in [3.8, 4) is 0 Å². The van der Waals surface area contributed by atoms with Gasteiger partial charge in [0.1, 0.15) is 6.67 Å². The van der Waals surface area contributed by atoms with Gasteiger partial charge in [0.05, 0.1) is 17.8 Å². The molecule has 0 saturated carbocycles. The van der Waals surface area contributed by atoms with E-state index in [0.29, 0.717) is 17.8 Å². The number of piperidine rings is 1. The maximum atomic E-state index is 13.1. The molecule has 148 valence electrons. The predicted octanol–water partition coefficient (Wildman–Crippen LogP) is 3.85. The van der Waals surface area contributed by atoms with Gasteiger partial charge in [0.25, 0.3) is 5.91 Å². The van der Waals surface area contributed by atoms with Crippen LogP contribution >= 0.6 is 12.4 Å². The van der Waals surface area contributed by atoms with Crippen LogP contribution in [0, 0.1) is 6.92 Å². The highest BCUT2D eigenvalue weighted by Gasteiger charge is 2.33. The number of hydrogen-bond acceptors (Lipinski definition) is 3. The second kappa shape index (κ2) is 8.76. The molecule has 1 saturated heterocycles. The minimum absolute atomic E-state index is 0. The first-order valence-corrected chi connectivity index (χ1v) is 9.64. The lowest BCUT2D eigenvalue weighted by Crippen LogP contribution is -2.52. The fourth-order valence-electron chi connectivity index (χ4n) is 3.85. The Morgan fingerprint density at radius 2 is 1.64 bits per heavy atom. The van der Waals surface area contributed by atoms with Gasteiger partial charge < -0.3 is 0 Å². The number of aryl methyl sites for hydroxylation is 1. The molecule has 0 spiro atoms. The topological polar surface area (TPSA) is 43.9 Å². The lowest BCUT2D eigenvalue weighted by molar-refractivity contribution is -0.120. The number of halogens is 1. The van der Waals surface area contributed by atoms with Crippen LogP contribution in [-0.2, 0) is 4.79 Å². The van der Waals surface area contributed by atoms with E-state index in [1.54, 1.807) is 15.9 Å². The maximum absolute atomic E-state index is 13.1. The molecule has 0 radical (unpaired) electrons. The Hall–Kier alpha value is -2.37. The lowest BCUT2D eigenvalue weighted by atomic mass is 10.1. The van der Waals surface area contributed by atoms with E-state index in [-0.39, 0.29) is 30.9 Å². The fraction of sp³-hybridized carbons (Fsp3) is 0.364. The van der Waals surface area contributed by atoms with Gasteiger partial charge in [0.2, 0.25) is 5.91 Å². The standard InChI is InChI=1S/C22H25N3O2.ClH/c1-17-9-11-18(12-10-17)24-16-25(20-8-4-3-7-19(20)22(24)27)21(26)15-23-13-5-2-6-14-23;/h3-4,7-12H,2,5-6,13-16H2,1H3;1H. The second-order valence-corrected chi connectivity index (χ2v) is 7.39. The van der Waals surface area contributed by atoms with Crippen molar-refractivity contribution in [2.75, 3.05) is 36.1 Å². The van der Waals surface area contributed by atoms with Crippen molar-refractivity contribution in [2.45, 2.75) is 26.2 Å². The summed E-state index contributed by atoms with van der Waals surface area (Å²) in [5.41, 5.74) is 3.25. The third-order valence-corrected chi connectivity index (χ3v) is 5.41. The molecule has 0 bridgehead atoms. The summed E-state index contributed by atoms with van der Waals surface area (Å²) in [7, 11) is 0. The van der Waals surface area contributed by atoms with Crippen molar-refractivity contribution < 1.29 is 9.59 Å². The lowest BCUT2D eigenvalue weighted by Gasteiger charge is -2.38. The van der Waals surface area contributed by atoms with Crippen LogP contribution in [0.4, 0.5) is 11.4 Å². The molecular formula is C22H26ClN3O2. The average molecular weight is 400 g/mol. The van der Waals surface area contributed by atoms with Gasteiger partial charge in [-0.1, -0.05) is 36.2 Å². The molecule has 4 rings (SSSR count). The summed E-state index contributed by atoms with van der Waals surface area (Å²) in [6.45, 7) is 4.63. The summed E-state index contributed by atoms with van der Waals surface area (Å²) in [6, 6.07) is 15.3. The number of carbonyl (C=O) groups excluding carboxylic acids is 2. The van der Waals surface area contributed by atoms with E-state index in [1.165, 1.54) is 6.42 Å². The third kappa shape index (κ3) is 4.05. The van der Waals surface area contributed by atoms with Crippen LogP contribution in [0.2, 0.25) is 0 Å². The molecule has 6 heteroatoms. The summed E-state index contributed by atoms with van der Waals surface area (Å²) in [6.07, 6.45) is 3.54. The first-order chi connectivity index (χ1) is 13.1. The van der Waals surface area contributed by atoms with Gasteiger partial charge in [-0.2, -0.15) is 0 Å².